The Balaban J connectivity index is 2.02. The maximum absolute atomic E-state index is 13.6. The molecule has 2 rings (SSSR count). The molecule has 2 unspecified atom stereocenters. The molecule has 1 aromatic rings. The minimum Gasteiger partial charge on any atom is -0.494 e. The lowest BCUT2D eigenvalue weighted by atomic mass is 9.99. The highest BCUT2D eigenvalue weighted by Crippen LogP contribution is 2.24. The zero-order valence-electron chi connectivity index (χ0n) is 12.0. The molecule has 0 spiro atoms. The molecular formula is C15H18FNO4. The van der Waals surface area contributed by atoms with Gasteiger partial charge in [0.1, 0.15) is 0 Å². The zero-order valence-corrected chi connectivity index (χ0v) is 12.0. The summed E-state index contributed by atoms with van der Waals surface area (Å²) in [6, 6.07) is 4.38. The van der Waals surface area contributed by atoms with Crippen molar-refractivity contribution >= 4 is 11.9 Å². The highest BCUT2D eigenvalue weighted by atomic mass is 19.1. The van der Waals surface area contributed by atoms with E-state index >= 15 is 0 Å². The molecule has 1 saturated heterocycles. The number of nitrogens with zero attached hydrogens (tertiary/aromatic N) is 1. The molecule has 21 heavy (non-hydrogen) atoms. The molecular weight excluding hydrogens is 277 g/mol. The quantitative estimate of drug-likeness (QED) is 0.915. The van der Waals surface area contributed by atoms with Crippen LogP contribution in [0.2, 0.25) is 0 Å². The van der Waals surface area contributed by atoms with Gasteiger partial charge in [-0.3, -0.25) is 9.59 Å². The first-order valence-electron chi connectivity index (χ1n) is 6.75. The van der Waals surface area contributed by atoms with E-state index in [0.29, 0.717) is 12.1 Å². The molecule has 0 aliphatic carbocycles. The van der Waals surface area contributed by atoms with Crippen molar-refractivity contribution in [3.63, 3.8) is 0 Å². The number of ether oxygens (including phenoxy) is 1. The van der Waals surface area contributed by atoms with Crippen LogP contribution in [0.25, 0.3) is 0 Å². The fourth-order valence-electron chi connectivity index (χ4n) is 2.60. The third-order valence-electron chi connectivity index (χ3n) is 3.85. The van der Waals surface area contributed by atoms with Crippen molar-refractivity contribution in [1.82, 2.24) is 4.90 Å². The normalized spacial score (nSPS) is 21.4. The first kappa shape index (κ1) is 15.3. The second-order valence-electron chi connectivity index (χ2n) is 5.37. The number of benzene rings is 1. The van der Waals surface area contributed by atoms with Crippen LogP contribution in [0.15, 0.2) is 18.2 Å². The maximum Gasteiger partial charge on any atom is 0.308 e. The molecule has 1 fully saturated rings. The largest absolute Gasteiger partial charge is 0.494 e. The van der Waals surface area contributed by atoms with Crippen molar-refractivity contribution in [3.05, 3.63) is 29.6 Å². The van der Waals surface area contributed by atoms with Gasteiger partial charge in [-0.1, -0.05) is 13.0 Å². The van der Waals surface area contributed by atoms with Crippen LogP contribution < -0.4 is 4.74 Å². The summed E-state index contributed by atoms with van der Waals surface area (Å²) in [6.07, 6.45) is 0.0555. The van der Waals surface area contributed by atoms with Crippen LogP contribution in [0.3, 0.4) is 0 Å². The van der Waals surface area contributed by atoms with Gasteiger partial charge < -0.3 is 14.7 Å². The van der Waals surface area contributed by atoms with Crippen LogP contribution in [0.1, 0.15) is 12.5 Å². The molecule has 5 nitrogen and oxygen atoms in total. The van der Waals surface area contributed by atoms with E-state index in [-0.39, 0.29) is 30.5 Å². The summed E-state index contributed by atoms with van der Waals surface area (Å²) < 4.78 is 18.4. The van der Waals surface area contributed by atoms with Crippen LogP contribution in [0.4, 0.5) is 4.39 Å². The van der Waals surface area contributed by atoms with E-state index in [1.165, 1.54) is 24.1 Å². The van der Waals surface area contributed by atoms with E-state index in [0.717, 1.165) is 0 Å². The summed E-state index contributed by atoms with van der Waals surface area (Å²) in [4.78, 5) is 24.8. The Morgan fingerprint density at radius 3 is 2.67 bits per heavy atom. The lowest BCUT2D eigenvalue weighted by molar-refractivity contribution is -0.142. The Labute approximate surface area is 122 Å². The number of likely N-dealkylation sites (tertiary alicyclic amines) is 1. The summed E-state index contributed by atoms with van der Waals surface area (Å²) in [5, 5.41) is 9.07. The number of aliphatic carboxylic acids is 1. The highest BCUT2D eigenvalue weighted by molar-refractivity contribution is 5.81. The molecule has 0 bridgehead atoms. The predicted molar refractivity (Wildman–Crippen MR) is 73.5 cm³/mol. The van der Waals surface area contributed by atoms with E-state index in [1.54, 1.807) is 6.07 Å². The molecule has 114 valence electrons. The smallest absolute Gasteiger partial charge is 0.308 e. The van der Waals surface area contributed by atoms with E-state index in [2.05, 4.69) is 0 Å². The monoisotopic (exact) mass is 295 g/mol. The van der Waals surface area contributed by atoms with Crippen LogP contribution >= 0.6 is 0 Å². The summed E-state index contributed by atoms with van der Waals surface area (Å²) in [5.41, 5.74) is 0.546. The summed E-state index contributed by atoms with van der Waals surface area (Å²) in [5.74, 6) is -2.04. The number of methoxy groups -OCH3 is 1. The third-order valence-corrected chi connectivity index (χ3v) is 3.85. The topological polar surface area (TPSA) is 66.8 Å². The molecule has 1 N–H and O–H groups in total. The van der Waals surface area contributed by atoms with Gasteiger partial charge in [0.05, 0.1) is 19.4 Å². The number of carboxylic acids is 1. The van der Waals surface area contributed by atoms with Crippen molar-refractivity contribution in [2.75, 3.05) is 20.2 Å². The van der Waals surface area contributed by atoms with E-state index < -0.39 is 17.7 Å². The molecule has 1 heterocycles. The number of hydrogen-bond acceptors (Lipinski definition) is 3. The fourth-order valence-corrected chi connectivity index (χ4v) is 2.60. The van der Waals surface area contributed by atoms with Gasteiger partial charge >= 0.3 is 5.97 Å². The molecule has 2 atom stereocenters. The van der Waals surface area contributed by atoms with E-state index in [9.17, 15) is 14.0 Å². The standard InChI is InChI=1S/C15H18FNO4/c1-9-7-17(8-11(9)15(19)20)14(18)6-10-3-4-13(21-2)12(16)5-10/h3-5,9,11H,6-8H2,1-2H3,(H,19,20). The summed E-state index contributed by atoms with van der Waals surface area (Å²) in [6.45, 7) is 2.46. The number of carbonyl (C=O) groups is 2. The van der Waals surface area contributed by atoms with Gasteiger partial charge in [-0.15, -0.1) is 0 Å². The maximum atomic E-state index is 13.6. The van der Waals surface area contributed by atoms with Crippen molar-refractivity contribution < 1.29 is 23.8 Å². The summed E-state index contributed by atoms with van der Waals surface area (Å²) in [7, 11) is 1.38. The first-order valence-corrected chi connectivity index (χ1v) is 6.75. The minimum atomic E-state index is -0.881. The SMILES string of the molecule is COc1ccc(CC(=O)N2CC(C)C(C(=O)O)C2)cc1F. The zero-order chi connectivity index (χ0) is 15.6. The van der Waals surface area contributed by atoms with Crippen molar-refractivity contribution in [2.45, 2.75) is 13.3 Å². The Hall–Kier alpha value is -2.11. The Kier molecular flexibility index (Phi) is 4.45. The van der Waals surface area contributed by atoms with Gasteiger partial charge in [-0.2, -0.15) is 0 Å². The molecule has 1 aliphatic heterocycles. The molecule has 1 aromatic carbocycles. The minimum absolute atomic E-state index is 0.0555. The van der Waals surface area contributed by atoms with Crippen LogP contribution in [-0.2, 0) is 16.0 Å². The third kappa shape index (κ3) is 3.32. The number of amides is 1. The molecule has 0 radical (unpaired) electrons. The van der Waals surface area contributed by atoms with Gasteiger partial charge in [0.15, 0.2) is 11.6 Å². The van der Waals surface area contributed by atoms with Gasteiger partial charge in [-0.05, 0) is 23.6 Å². The lowest BCUT2D eigenvalue weighted by Gasteiger charge is -2.16. The van der Waals surface area contributed by atoms with Gasteiger partial charge in [-0.25, -0.2) is 4.39 Å². The van der Waals surface area contributed by atoms with Crippen molar-refractivity contribution in [2.24, 2.45) is 11.8 Å². The van der Waals surface area contributed by atoms with E-state index in [1.807, 2.05) is 6.92 Å². The second kappa shape index (κ2) is 6.11. The first-order chi connectivity index (χ1) is 9.92. The van der Waals surface area contributed by atoms with Gasteiger partial charge in [0.25, 0.3) is 0 Å². The van der Waals surface area contributed by atoms with E-state index in [4.69, 9.17) is 9.84 Å². The average molecular weight is 295 g/mol. The molecule has 1 aliphatic rings. The number of halogens is 1. The van der Waals surface area contributed by atoms with Crippen molar-refractivity contribution in [1.29, 1.82) is 0 Å². The van der Waals surface area contributed by atoms with Gasteiger partial charge in [0, 0.05) is 13.1 Å². The Morgan fingerprint density at radius 2 is 2.14 bits per heavy atom. The number of rotatable bonds is 4. The number of carbonyl (C=O) groups excluding carboxylic acids is 1. The van der Waals surface area contributed by atoms with Crippen LogP contribution in [0, 0.1) is 17.7 Å². The Bertz CT molecular complexity index is 561. The van der Waals surface area contributed by atoms with Crippen molar-refractivity contribution in [3.8, 4) is 5.75 Å². The van der Waals surface area contributed by atoms with Gasteiger partial charge in [0.2, 0.25) is 5.91 Å². The van der Waals surface area contributed by atoms with Crippen LogP contribution in [0.5, 0.6) is 5.75 Å². The summed E-state index contributed by atoms with van der Waals surface area (Å²) >= 11 is 0. The lowest BCUT2D eigenvalue weighted by Crippen LogP contribution is -2.31. The average Bonchev–Trinajstić information content (AvgIpc) is 2.81. The predicted octanol–water partition coefficient (Wildman–Crippen LogP) is 1.56. The number of carboxylic acid groups (broad SMARTS) is 1. The Morgan fingerprint density at radius 1 is 1.43 bits per heavy atom. The second-order valence-corrected chi connectivity index (χ2v) is 5.37. The number of hydrogen-bond donors (Lipinski definition) is 1. The highest BCUT2D eigenvalue weighted by Gasteiger charge is 2.36. The molecule has 0 aromatic heterocycles. The van der Waals surface area contributed by atoms with Crippen LogP contribution in [-0.4, -0.2) is 42.1 Å². The molecule has 6 heteroatoms. The fraction of sp³-hybridized carbons (Fsp3) is 0.467. The molecule has 1 amide bonds. The molecule has 0 saturated carbocycles.